The highest BCUT2D eigenvalue weighted by atomic mass is 32.2. The number of nitrogens with zero attached hydrogens (tertiary/aromatic N) is 1. The van der Waals surface area contributed by atoms with Gasteiger partial charge < -0.3 is 10.4 Å². The number of benzene rings is 3. The zero-order chi connectivity index (χ0) is 18.8. The summed E-state index contributed by atoms with van der Waals surface area (Å²) in [5.74, 6) is -0.114. The van der Waals surface area contributed by atoms with Crippen LogP contribution < -0.4 is 5.32 Å². The Morgan fingerprint density at radius 3 is 2.63 bits per heavy atom. The van der Waals surface area contributed by atoms with E-state index in [4.69, 9.17) is 0 Å². The number of aromatic hydroxyl groups is 1. The Bertz CT molecular complexity index is 1100. The number of thioether (sulfide) groups is 1. The Labute approximate surface area is 164 Å². The molecule has 1 amide bonds. The predicted octanol–water partition coefficient (Wildman–Crippen LogP) is 5.64. The first-order valence-electron chi connectivity index (χ1n) is 8.29. The van der Waals surface area contributed by atoms with Gasteiger partial charge in [-0.3, -0.25) is 4.79 Å². The van der Waals surface area contributed by atoms with Crippen molar-refractivity contribution in [3.63, 3.8) is 0 Å². The van der Waals surface area contributed by atoms with Gasteiger partial charge in [-0.15, -0.1) is 23.1 Å². The van der Waals surface area contributed by atoms with Crippen LogP contribution in [-0.4, -0.2) is 22.3 Å². The molecule has 0 radical (unpaired) electrons. The lowest BCUT2D eigenvalue weighted by molar-refractivity contribution is 0.102. The molecule has 0 unspecified atom stereocenters. The molecule has 3 aromatic carbocycles. The minimum Gasteiger partial charge on any atom is -0.507 e. The van der Waals surface area contributed by atoms with Crippen molar-refractivity contribution < 1.29 is 9.90 Å². The lowest BCUT2D eigenvalue weighted by atomic mass is 10.1. The van der Waals surface area contributed by atoms with Crippen LogP contribution in [0, 0.1) is 0 Å². The fourth-order valence-corrected chi connectivity index (χ4v) is 4.40. The van der Waals surface area contributed by atoms with Gasteiger partial charge in [0.2, 0.25) is 0 Å². The second kappa shape index (κ2) is 7.42. The molecule has 0 atom stereocenters. The topological polar surface area (TPSA) is 62.2 Å². The van der Waals surface area contributed by atoms with Crippen molar-refractivity contribution >= 4 is 44.9 Å². The number of hydrogen-bond acceptors (Lipinski definition) is 5. The van der Waals surface area contributed by atoms with Gasteiger partial charge in [0.05, 0.1) is 21.3 Å². The lowest BCUT2D eigenvalue weighted by Gasteiger charge is -2.10. The van der Waals surface area contributed by atoms with Crippen molar-refractivity contribution in [1.29, 1.82) is 0 Å². The van der Waals surface area contributed by atoms with Crippen LogP contribution in [0.15, 0.2) is 71.6 Å². The molecule has 134 valence electrons. The summed E-state index contributed by atoms with van der Waals surface area (Å²) in [6.07, 6.45) is 1.94. The van der Waals surface area contributed by atoms with Crippen LogP contribution in [0.25, 0.3) is 20.8 Å². The first-order chi connectivity index (χ1) is 13.2. The monoisotopic (exact) mass is 392 g/mol. The Balaban J connectivity index is 1.61. The maximum absolute atomic E-state index is 12.6. The van der Waals surface area contributed by atoms with Gasteiger partial charge in [-0.2, -0.15) is 0 Å². The molecule has 0 fully saturated rings. The molecule has 0 bridgehead atoms. The number of aromatic nitrogens is 1. The first-order valence-corrected chi connectivity index (χ1v) is 10.3. The molecule has 0 spiro atoms. The van der Waals surface area contributed by atoms with Gasteiger partial charge in [0.1, 0.15) is 10.8 Å². The van der Waals surface area contributed by atoms with Crippen LogP contribution in [-0.2, 0) is 0 Å². The minimum absolute atomic E-state index is 0.0880. The van der Waals surface area contributed by atoms with Crippen LogP contribution >= 0.6 is 23.1 Å². The normalized spacial score (nSPS) is 10.9. The van der Waals surface area contributed by atoms with E-state index >= 15 is 0 Å². The lowest BCUT2D eigenvalue weighted by Crippen LogP contribution is -2.12. The van der Waals surface area contributed by atoms with Crippen molar-refractivity contribution in [3.05, 3.63) is 72.3 Å². The predicted molar refractivity (Wildman–Crippen MR) is 113 cm³/mol. The maximum atomic E-state index is 12.6. The molecule has 0 saturated heterocycles. The Hall–Kier alpha value is -2.83. The van der Waals surface area contributed by atoms with Gasteiger partial charge in [0.15, 0.2) is 0 Å². The van der Waals surface area contributed by atoms with Crippen molar-refractivity contribution in [2.24, 2.45) is 0 Å². The van der Waals surface area contributed by atoms with Crippen LogP contribution in [0.2, 0.25) is 0 Å². The molecule has 4 aromatic rings. The summed E-state index contributed by atoms with van der Waals surface area (Å²) in [4.78, 5) is 18.0. The molecular weight excluding hydrogens is 376 g/mol. The van der Waals surface area contributed by atoms with Gasteiger partial charge in [0, 0.05) is 16.6 Å². The summed E-state index contributed by atoms with van der Waals surface area (Å²) in [6, 6.07) is 20.4. The number of thiazole rings is 1. The average molecular weight is 393 g/mol. The third-order valence-electron chi connectivity index (χ3n) is 4.13. The fourth-order valence-electron chi connectivity index (χ4n) is 2.81. The number of amides is 1. The Kier molecular flexibility index (Phi) is 4.83. The number of carbonyl (C=O) groups excluding carboxylic acids is 1. The molecule has 27 heavy (non-hydrogen) atoms. The van der Waals surface area contributed by atoms with E-state index in [0.717, 1.165) is 20.1 Å². The molecule has 1 heterocycles. The second-order valence-corrected chi connectivity index (χ2v) is 7.75. The standard InChI is InChI=1S/C21H16N2O2S2/c1-26-18-8-4-2-6-15(18)20(25)22-13-10-11-14(17(24)12-13)21-23-16-7-3-5-9-19(16)27-21/h2-12,24H,1H3,(H,22,25). The summed E-state index contributed by atoms with van der Waals surface area (Å²) in [7, 11) is 0. The number of rotatable bonds is 4. The summed E-state index contributed by atoms with van der Waals surface area (Å²) in [6.45, 7) is 0. The first kappa shape index (κ1) is 17.6. The van der Waals surface area contributed by atoms with E-state index in [1.165, 1.54) is 23.1 Å². The fraction of sp³-hybridized carbons (Fsp3) is 0.0476. The maximum Gasteiger partial charge on any atom is 0.256 e. The largest absolute Gasteiger partial charge is 0.507 e. The summed E-state index contributed by atoms with van der Waals surface area (Å²) >= 11 is 3.05. The Morgan fingerprint density at radius 2 is 1.85 bits per heavy atom. The zero-order valence-electron chi connectivity index (χ0n) is 14.5. The third kappa shape index (κ3) is 3.54. The molecule has 6 heteroatoms. The summed E-state index contributed by atoms with van der Waals surface area (Å²) in [5, 5.41) is 14.1. The van der Waals surface area contributed by atoms with Gasteiger partial charge in [-0.25, -0.2) is 4.98 Å². The third-order valence-corrected chi connectivity index (χ3v) is 6.00. The van der Waals surface area contributed by atoms with Crippen LogP contribution in [0.3, 0.4) is 0 Å². The van der Waals surface area contributed by atoms with Crippen LogP contribution in [0.5, 0.6) is 5.75 Å². The number of anilines is 1. The minimum atomic E-state index is -0.202. The van der Waals surface area contributed by atoms with E-state index in [1.807, 2.05) is 48.7 Å². The number of nitrogens with one attached hydrogen (secondary N) is 1. The van der Waals surface area contributed by atoms with Gasteiger partial charge in [0.25, 0.3) is 5.91 Å². The van der Waals surface area contributed by atoms with Crippen molar-refractivity contribution in [2.75, 3.05) is 11.6 Å². The second-order valence-electron chi connectivity index (χ2n) is 5.87. The summed E-state index contributed by atoms with van der Waals surface area (Å²) in [5.41, 5.74) is 2.71. The highest BCUT2D eigenvalue weighted by molar-refractivity contribution is 7.98. The van der Waals surface area contributed by atoms with E-state index in [-0.39, 0.29) is 11.7 Å². The van der Waals surface area contributed by atoms with Gasteiger partial charge in [-0.1, -0.05) is 24.3 Å². The Morgan fingerprint density at radius 1 is 1.07 bits per heavy atom. The van der Waals surface area contributed by atoms with Crippen molar-refractivity contribution in [3.8, 4) is 16.3 Å². The zero-order valence-corrected chi connectivity index (χ0v) is 16.1. The molecular formula is C21H16N2O2S2. The SMILES string of the molecule is CSc1ccccc1C(=O)Nc1ccc(-c2nc3ccccc3s2)c(O)c1. The number of para-hydroxylation sites is 1. The molecule has 4 nitrogen and oxygen atoms in total. The van der Waals surface area contributed by atoms with E-state index in [1.54, 1.807) is 24.3 Å². The number of fused-ring (bicyclic) bond motifs is 1. The highest BCUT2D eigenvalue weighted by Gasteiger charge is 2.14. The summed E-state index contributed by atoms with van der Waals surface area (Å²) < 4.78 is 1.07. The van der Waals surface area contributed by atoms with Crippen LogP contribution in [0.1, 0.15) is 10.4 Å². The highest BCUT2D eigenvalue weighted by Crippen LogP contribution is 2.36. The number of phenols is 1. The number of hydrogen-bond donors (Lipinski definition) is 2. The molecule has 1 aromatic heterocycles. The van der Waals surface area contributed by atoms with Crippen LogP contribution in [0.4, 0.5) is 5.69 Å². The van der Waals surface area contributed by atoms with E-state index < -0.39 is 0 Å². The smallest absolute Gasteiger partial charge is 0.256 e. The van der Waals surface area contributed by atoms with Gasteiger partial charge in [-0.05, 0) is 42.7 Å². The van der Waals surface area contributed by atoms with E-state index in [9.17, 15) is 9.90 Å². The molecule has 0 aliphatic rings. The van der Waals surface area contributed by atoms with E-state index in [2.05, 4.69) is 10.3 Å². The quantitative estimate of drug-likeness (QED) is 0.441. The molecule has 0 aliphatic carbocycles. The van der Waals surface area contributed by atoms with E-state index in [0.29, 0.717) is 16.8 Å². The van der Waals surface area contributed by atoms with Crippen molar-refractivity contribution in [2.45, 2.75) is 4.90 Å². The number of carbonyl (C=O) groups is 1. The average Bonchev–Trinajstić information content (AvgIpc) is 3.11. The molecule has 0 aliphatic heterocycles. The molecule has 0 saturated carbocycles. The molecule has 4 rings (SSSR count). The van der Waals surface area contributed by atoms with Crippen molar-refractivity contribution in [1.82, 2.24) is 4.98 Å². The molecule has 2 N–H and O–H groups in total. The van der Waals surface area contributed by atoms with Gasteiger partial charge >= 0.3 is 0 Å². The number of phenolic OH excluding ortho intramolecular Hbond substituents is 1.